The van der Waals surface area contributed by atoms with Crippen molar-refractivity contribution in [1.82, 2.24) is 34.5 Å². The van der Waals surface area contributed by atoms with Crippen LogP contribution in [-0.4, -0.2) is 34.5 Å². The van der Waals surface area contributed by atoms with E-state index in [0.29, 0.717) is 22.9 Å². The first kappa shape index (κ1) is 51.6. The molecule has 0 spiro atoms. The summed E-state index contributed by atoms with van der Waals surface area (Å²) in [5.41, 5.74) is 16.5. The lowest BCUT2D eigenvalue weighted by molar-refractivity contribution is 1.19. The number of para-hydroxylation sites is 1. The van der Waals surface area contributed by atoms with E-state index in [0.717, 1.165) is 77.2 Å². The molecule has 0 fully saturated rings. The van der Waals surface area contributed by atoms with Crippen LogP contribution in [-0.2, 0) is 6.42 Å². The minimum absolute atomic E-state index is 0.672. The number of halogens is 1. The van der Waals surface area contributed by atoms with Crippen LogP contribution in [0, 0.1) is 0 Å². The molecule has 1 aliphatic carbocycles. The smallest absolute Gasteiger partial charge is 0.163 e. The van der Waals surface area contributed by atoms with Crippen LogP contribution in [0.25, 0.3) is 149 Å². The first-order valence-corrected chi connectivity index (χ1v) is 29.9. The lowest BCUT2D eigenvalue weighted by atomic mass is 10.0. The number of benzene rings is 12. The van der Waals surface area contributed by atoms with Crippen LogP contribution in [0.2, 0.25) is 0 Å². The van der Waals surface area contributed by atoms with Crippen LogP contribution in [0.1, 0.15) is 11.1 Å². The summed E-state index contributed by atoms with van der Waals surface area (Å²) in [7, 11) is 0. The predicted octanol–water partition coefficient (Wildman–Crippen LogP) is 20.4. The number of hydrogen-bond acceptors (Lipinski definition) is 6. The molecule has 408 valence electrons. The fourth-order valence-corrected chi connectivity index (χ4v) is 12.8. The molecular formula is C79H50BrN7. The number of aromatic nitrogens is 7. The van der Waals surface area contributed by atoms with E-state index in [2.05, 4.69) is 243 Å². The van der Waals surface area contributed by atoms with Crippen LogP contribution in [0.5, 0.6) is 0 Å². The van der Waals surface area contributed by atoms with Gasteiger partial charge in [0.25, 0.3) is 0 Å². The fourth-order valence-electron chi connectivity index (χ4n) is 12.4. The van der Waals surface area contributed by atoms with Crippen LogP contribution in [0.3, 0.4) is 0 Å². The third kappa shape index (κ3) is 9.68. The summed E-state index contributed by atoms with van der Waals surface area (Å²) < 4.78 is 3.45. The van der Waals surface area contributed by atoms with Crippen molar-refractivity contribution in [3.63, 3.8) is 0 Å². The number of hydrogen-bond donors (Lipinski definition) is 0. The molecule has 5 aromatic heterocycles. The topological polar surface area (TPSA) is 82.3 Å². The molecule has 18 rings (SSSR count). The van der Waals surface area contributed by atoms with Gasteiger partial charge in [0.2, 0.25) is 0 Å². The summed E-state index contributed by atoms with van der Waals surface area (Å²) in [6.45, 7) is 0. The van der Waals surface area contributed by atoms with Crippen molar-refractivity contribution < 1.29 is 0 Å². The van der Waals surface area contributed by atoms with Gasteiger partial charge in [-0.25, -0.2) is 29.9 Å². The van der Waals surface area contributed by atoms with Gasteiger partial charge in [-0.15, -0.1) is 0 Å². The van der Waals surface area contributed by atoms with Gasteiger partial charge in [0.15, 0.2) is 22.9 Å². The summed E-state index contributed by atoms with van der Waals surface area (Å²) in [4.78, 5) is 28.6. The monoisotopic (exact) mass is 1180 g/mol. The Bertz CT molecular complexity index is 5530. The average Bonchev–Trinajstić information content (AvgIpc) is 2.02. The predicted molar refractivity (Wildman–Crippen MR) is 363 cm³/mol. The van der Waals surface area contributed by atoms with Gasteiger partial charge in [0.05, 0.1) is 22.4 Å². The van der Waals surface area contributed by atoms with E-state index < -0.39 is 0 Å². The van der Waals surface area contributed by atoms with Crippen LogP contribution in [0.15, 0.2) is 296 Å². The van der Waals surface area contributed by atoms with E-state index in [9.17, 15) is 0 Å². The largest absolute Gasteiger partial charge is 0.309 e. The molecule has 0 amide bonds. The van der Waals surface area contributed by atoms with Crippen LogP contribution in [0.4, 0.5) is 0 Å². The molecule has 0 bridgehead atoms. The molecule has 12 aromatic carbocycles. The lowest BCUT2D eigenvalue weighted by Gasteiger charge is -2.11. The summed E-state index contributed by atoms with van der Waals surface area (Å²) >= 11 is 3.53. The zero-order valence-corrected chi connectivity index (χ0v) is 48.5. The Morgan fingerprint density at radius 3 is 1.45 bits per heavy atom. The Morgan fingerprint density at radius 2 is 0.793 bits per heavy atom. The molecule has 0 aliphatic heterocycles. The molecule has 5 heterocycles. The third-order valence-corrected chi connectivity index (χ3v) is 17.1. The van der Waals surface area contributed by atoms with Gasteiger partial charge in [-0.1, -0.05) is 210 Å². The maximum absolute atomic E-state index is 5.04. The Balaban J connectivity index is 0.000000118. The lowest BCUT2D eigenvalue weighted by Crippen LogP contribution is -1.97. The molecule has 0 atom stereocenters. The van der Waals surface area contributed by atoms with Crippen molar-refractivity contribution in [2.45, 2.75) is 6.42 Å². The molecule has 17 aromatic rings. The minimum atomic E-state index is 0.672. The van der Waals surface area contributed by atoms with E-state index in [1.807, 2.05) is 66.7 Å². The molecular weight excluding hydrogens is 1130 g/mol. The number of fused-ring (bicyclic) bond motifs is 12. The van der Waals surface area contributed by atoms with Gasteiger partial charge in [-0.05, 0) is 157 Å². The fraction of sp³-hybridized carbons (Fsp3) is 0.0127. The highest BCUT2D eigenvalue weighted by Gasteiger charge is 2.20. The van der Waals surface area contributed by atoms with Crippen molar-refractivity contribution in [2.24, 2.45) is 0 Å². The maximum Gasteiger partial charge on any atom is 0.163 e. The van der Waals surface area contributed by atoms with Crippen molar-refractivity contribution in [3.8, 4) is 62.1 Å². The Hall–Kier alpha value is -11.1. The van der Waals surface area contributed by atoms with E-state index in [1.165, 1.54) is 71.0 Å². The molecule has 8 heteroatoms. The summed E-state index contributed by atoms with van der Waals surface area (Å²) in [6.07, 6.45) is 4.63. The van der Waals surface area contributed by atoms with Crippen LogP contribution < -0.4 is 0 Å². The molecule has 1 aliphatic rings. The summed E-state index contributed by atoms with van der Waals surface area (Å²) in [5.74, 6) is 1.36. The van der Waals surface area contributed by atoms with E-state index >= 15 is 0 Å². The second kappa shape index (κ2) is 21.8. The van der Waals surface area contributed by atoms with Gasteiger partial charge < -0.3 is 4.57 Å². The van der Waals surface area contributed by atoms with Crippen molar-refractivity contribution in [1.29, 1.82) is 0 Å². The van der Waals surface area contributed by atoms with E-state index in [-0.39, 0.29) is 0 Å². The molecule has 7 nitrogen and oxygen atoms in total. The zero-order valence-electron chi connectivity index (χ0n) is 46.9. The Labute approximate surface area is 509 Å². The molecule has 0 radical (unpaired) electrons. The van der Waals surface area contributed by atoms with Crippen molar-refractivity contribution in [3.05, 3.63) is 307 Å². The van der Waals surface area contributed by atoms with Gasteiger partial charge in [0, 0.05) is 66.4 Å². The van der Waals surface area contributed by atoms with E-state index in [4.69, 9.17) is 19.9 Å². The molecule has 87 heavy (non-hydrogen) atoms. The third-order valence-electron chi connectivity index (χ3n) is 16.6. The summed E-state index contributed by atoms with van der Waals surface area (Å²) in [6, 6.07) is 97.9. The molecule has 0 N–H and O–H groups in total. The highest BCUT2D eigenvalue weighted by atomic mass is 79.9. The van der Waals surface area contributed by atoms with Crippen molar-refractivity contribution >= 4 is 103 Å². The van der Waals surface area contributed by atoms with Crippen molar-refractivity contribution in [2.75, 3.05) is 0 Å². The summed E-state index contributed by atoms with van der Waals surface area (Å²) in [5, 5.41) is 14.2. The van der Waals surface area contributed by atoms with Gasteiger partial charge in [-0.3, -0.25) is 0 Å². The van der Waals surface area contributed by atoms with Gasteiger partial charge in [0.1, 0.15) is 0 Å². The normalized spacial score (nSPS) is 11.7. The Kier molecular flexibility index (Phi) is 13.0. The highest BCUT2D eigenvalue weighted by molar-refractivity contribution is 9.10. The number of nitrogens with zero attached hydrogens (tertiary/aromatic N) is 7. The van der Waals surface area contributed by atoms with Crippen LogP contribution >= 0.6 is 15.9 Å². The first-order valence-electron chi connectivity index (χ1n) is 29.1. The Morgan fingerprint density at radius 1 is 0.299 bits per heavy atom. The second-order valence-electron chi connectivity index (χ2n) is 22.0. The molecule has 0 unspecified atom stereocenters. The van der Waals surface area contributed by atoms with E-state index in [1.54, 1.807) is 12.4 Å². The SMILES string of the molecule is Brc1ccc2cc(-c3nc(-c4ccccc4)c4cccnc4n3)ccc2c1.c1ccc(-c2nc(-c3ccc4cc(-n5c6ccccc6c6cc7ccccc7cc65)ccc4c3)nc3ncccc23)cc1.c1ccc2c(c1)Cc1cc3ccccc3cc1-2. The quantitative estimate of drug-likeness (QED) is 0.171. The number of pyridine rings is 2. The second-order valence-corrected chi connectivity index (χ2v) is 22.9. The average molecular weight is 1180 g/mol. The molecule has 0 saturated heterocycles. The molecule has 0 saturated carbocycles. The van der Waals surface area contributed by atoms with Gasteiger partial charge >= 0.3 is 0 Å². The minimum Gasteiger partial charge on any atom is -0.309 e. The number of rotatable bonds is 5. The highest BCUT2D eigenvalue weighted by Crippen LogP contribution is 2.40. The standard InChI is InChI=1S/C39H24N4.C23H14BrN3.C17H12/c1-2-9-25(10-3-1)37-33-14-8-20-40-39(33)42-38(41-37)30-17-16-29-22-31(19-18-28(29)21-30)43-35-15-7-6-13-32(35)34-23-26-11-4-5-12-27(26)24-36(34)43;24-19-11-10-16-13-18(9-8-17(16)14-19)22-26-21(15-5-2-1-3-6-15)20-7-4-12-25-23(20)27-22;1-2-6-13-11-17-15(9-12(13)5-1)10-14-7-3-4-8-16(14)17/h1-24H;1-14H;1-9,11H,10H2. The first-order chi connectivity index (χ1) is 43.0. The van der Waals surface area contributed by atoms with Gasteiger partial charge in [-0.2, -0.15) is 0 Å². The zero-order chi connectivity index (χ0) is 57.8. The maximum atomic E-state index is 5.04.